The maximum atomic E-state index is 11.3. The summed E-state index contributed by atoms with van der Waals surface area (Å²) in [7, 11) is 0. The zero-order valence-corrected chi connectivity index (χ0v) is 9.80. The lowest BCUT2D eigenvalue weighted by atomic mass is 9.96. The molecule has 0 unspecified atom stereocenters. The van der Waals surface area contributed by atoms with Crippen LogP contribution in [0.3, 0.4) is 0 Å². The molecule has 0 aliphatic heterocycles. The van der Waals surface area contributed by atoms with Crippen molar-refractivity contribution in [2.24, 2.45) is 0 Å². The maximum absolute atomic E-state index is 11.3. The largest absolute Gasteiger partial charge is 0.478 e. The quantitative estimate of drug-likeness (QED) is 0.694. The van der Waals surface area contributed by atoms with Crippen LogP contribution in [0.4, 0.5) is 0 Å². The van der Waals surface area contributed by atoms with E-state index in [1.165, 1.54) is 0 Å². The van der Waals surface area contributed by atoms with Crippen molar-refractivity contribution in [3.05, 3.63) is 35.0 Å². The molecule has 6 nitrogen and oxygen atoms in total. The zero-order chi connectivity index (χ0) is 13.0. The minimum absolute atomic E-state index is 0.268. The Morgan fingerprint density at radius 3 is 3.05 bits per heavy atom. The van der Waals surface area contributed by atoms with Crippen LogP contribution in [-0.4, -0.2) is 26.4 Å². The number of aromatic carboxylic acids is 1. The highest BCUT2D eigenvalue weighted by atomic mass is 16.6. The van der Waals surface area contributed by atoms with Crippen LogP contribution in [0.5, 0.6) is 0 Å². The third-order valence-corrected chi connectivity index (χ3v) is 3.58. The predicted molar refractivity (Wildman–Crippen MR) is 66.0 cm³/mol. The monoisotopic (exact) mass is 255 g/mol. The van der Waals surface area contributed by atoms with Gasteiger partial charge in [-0.2, -0.15) is 0 Å². The first-order chi connectivity index (χ1) is 9.25. The number of para-hydroxylation sites is 1. The second-order valence-corrected chi connectivity index (χ2v) is 4.57. The highest BCUT2D eigenvalue weighted by molar-refractivity contribution is 6.05. The van der Waals surface area contributed by atoms with Crippen LogP contribution in [0.25, 0.3) is 22.3 Å². The van der Waals surface area contributed by atoms with E-state index in [-0.39, 0.29) is 5.56 Å². The molecule has 2 heterocycles. The molecule has 0 spiro atoms. The van der Waals surface area contributed by atoms with Gasteiger partial charge in [0.25, 0.3) is 0 Å². The zero-order valence-electron chi connectivity index (χ0n) is 9.80. The van der Waals surface area contributed by atoms with Gasteiger partial charge in [0.2, 0.25) is 0 Å². The van der Waals surface area contributed by atoms with Crippen molar-refractivity contribution in [1.82, 2.24) is 15.3 Å². The molecule has 4 rings (SSSR count). The van der Waals surface area contributed by atoms with Crippen molar-refractivity contribution in [3.63, 3.8) is 0 Å². The van der Waals surface area contributed by atoms with Crippen molar-refractivity contribution >= 4 is 16.9 Å². The van der Waals surface area contributed by atoms with Crippen molar-refractivity contribution in [2.75, 3.05) is 0 Å². The van der Waals surface area contributed by atoms with Gasteiger partial charge in [0.05, 0.1) is 16.8 Å². The van der Waals surface area contributed by atoms with E-state index in [0.29, 0.717) is 11.2 Å². The van der Waals surface area contributed by atoms with Gasteiger partial charge in [-0.25, -0.2) is 9.42 Å². The molecule has 1 aliphatic rings. The summed E-state index contributed by atoms with van der Waals surface area (Å²) in [4.78, 5) is 14.4. The van der Waals surface area contributed by atoms with Gasteiger partial charge in [-0.15, -0.1) is 0 Å². The number of nitrogens with one attached hydrogen (secondary N) is 1. The van der Waals surface area contributed by atoms with E-state index in [1.807, 2.05) is 6.07 Å². The Bertz CT molecular complexity index is 816. The van der Waals surface area contributed by atoms with E-state index in [9.17, 15) is 9.90 Å². The van der Waals surface area contributed by atoms with Crippen molar-refractivity contribution in [2.45, 2.75) is 12.8 Å². The molecule has 2 N–H and O–H groups in total. The molecule has 0 saturated heterocycles. The van der Waals surface area contributed by atoms with Crippen LogP contribution >= 0.6 is 0 Å². The molecule has 0 saturated carbocycles. The number of aryl methyl sites for hydroxylation is 2. The van der Waals surface area contributed by atoms with E-state index in [4.69, 9.17) is 4.63 Å². The molecule has 19 heavy (non-hydrogen) atoms. The number of carboxylic acid groups (broad SMARTS) is 1. The summed E-state index contributed by atoms with van der Waals surface area (Å²) in [6, 6.07) is 5.28. The fourth-order valence-corrected chi connectivity index (χ4v) is 2.72. The van der Waals surface area contributed by atoms with Crippen LogP contribution in [0.15, 0.2) is 22.8 Å². The summed E-state index contributed by atoms with van der Waals surface area (Å²) in [5, 5.41) is 17.9. The highest BCUT2D eigenvalue weighted by Crippen LogP contribution is 2.36. The Balaban J connectivity index is 2.10. The summed E-state index contributed by atoms with van der Waals surface area (Å²) < 4.78 is 4.76. The maximum Gasteiger partial charge on any atom is 0.337 e. The average molecular weight is 255 g/mol. The molecule has 6 heteroatoms. The van der Waals surface area contributed by atoms with E-state index < -0.39 is 5.97 Å². The Hall–Kier alpha value is -2.63. The van der Waals surface area contributed by atoms with Gasteiger partial charge in [0.15, 0.2) is 5.69 Å². The number of hydrogen-bond acceptors (Lipinski definition) is 4. The van der Waals surface area contributed by atoms with E-state index in [1.54, 1.807) is 12.1 Å². The van der Waals surface area contributed by atoms with Gasteiger partial charge in [0, 0.05) is 5.39 Å². The number of carbonyl (C=O) groups is 1. The molecule has 1 aromatic carbocycles. The summed E-state index contributed by atoms with van der Waals surface area (Å²) in [5.74, 6) is -0.942. The number of carboxylic acids is 1. The van der Waals surface area contributed by atoms with Crippen LogP contribution in [0.2, 0.25) is 0 Å². The van der Waals surface area contributed by atoms with Crippen LogP contribution < -0.4 is 0 Å². The Morgan fingerprint density at radius 2 is 2.21 bits per heavy atom. The lowest BCUT2D eigenvalue weighted by Crippen LogP contribution is -2.02. The Morgan fingerprint density at radius 1 is 1.32 bits per heavy atom. The first kappa shape index (κ1) is 10.3. The van der Waals surface area contributed by atoms with Gasteiger partial charge in [-0.1, -0.05) is 17.3 Å². The predicted octanol–water partition coefficient (Wildman–Crippen LogP) is 2.01. The van der Waals surface area contributed by atoms with Gasteiger partial charge in [0.1, 0.15) is 5.69 Å². The van der Waals surface area contributed by atoms with Gasteiger partial charge >= 0.3 is 5.97 Å². The number of nitrogens with zero attached hydrogens (tertiary/aromatic N) is 2. The highest BCUT2D eigenvalue weighted by Gasteiger charge is 2.26. The smallest absolute Gasteiger partial charge is 0.337 e. The fourth-order valence-electron chi connectivity index (χ4n) is 2.72. The number of rotatable bonds is 1. The second-order valence-electron chi connectivity index (χ2n) is 4.57. The lowest BCUT2D eigenvalue weighted by molar-refractivity contribution is 0.0699. The standard InChI is InChI=1S/C13H9N3O3/c17-13(18)8-3-1-2-6-7-4-5-9-12(16-19-15-9)11(7)14-10(6)8/h1-3,14H,4-5H2,(H,17,18). The molecule has 0 amide bonds. The summed E-state index contributed by atoms with van der Waals surface area (Å²) in [6.45, 7) is 0. The first-order valence-electron chi connectivity index (χ1n) is 5.94. The number of aromatic amines is 1. The summed E-state index contributed by atoms with van der Waals surface area (Å²) in [6.07, 6.45) is 1.57. The number of aromatic nitrogens is 3. The third-order valence-electron chi connectivity index (χ3n) is 3.58. The summed E-state index contributed by atoms with van der Waals surface area (Å²) >= 11 is 0. The normalized spacial score (nSPS) is 13.3. The van der Waals surface area contributed by atoms with Crippen LogP contribution in [0.1, 0.15) is 21.6 Å². The van der Waals surface area contributed by atoms with Crippen molar-refractivity contribution in [3.8, 4) is 11.4 Å². The lowest BCUT2D eigenvalue weighted by Gasteiger charge is -2.07. The molecule has 1 aliphatic carbocycles. The van der Waals surface area contributed by atoms with Crippen LogP contribution in [0, 0.1) is 0 Å². The molecular formula is C13H9N3O3. The van der Waals surface area contributed by atoms with Gasteiger partial charge in [-0.05, 0) is 29.6 Å². The number of benzene rings is 1. The van der Waals surface area contributed by atoms with E-state index in [2.05, 4.69) is 15.3 Å². The Kier molecular flexibility index (Phi) is 1.87. The topological polar surface area (TPSA) is 92.0 Å². The molecule has 0 bridgehead atoms. The minimum Gasteiger partial charge on any atom is -0.478 e. The molecule has 2 aromatic heterocycles. The average Bonchev–Trinajstić information content (AvgIpc) is 3.01. The third kappa shape index (κ3) is 1.28. The summed E-state index contributed by atoms with van der Waals surface area (Å²) in [5.41, 5.74) is 4.32. The first-order valence-corrected chi connectivity index (χ1v) is 5.94. The molecule has 3 aromatic rings. The number of hydrogen-bond donors (Lipinski definition) is 2. The fraction of sp³-hybridized carbons (Fsp3) is 0.154. The van der Waals surface area contributed by atoms with Gasteiger partial charge in [-0.3, -0.25) is 0 Å². The SMILES string of the molecule is O=C(O)c1cccc2c3c([nH]c12)-c1nonc1CC3. The number of fused-ring (bicyclic) bond motifs is 5. The minimum atomic E-state index is -0.942. The molecule has 0 radical (unpaired) electrons. The molecule has 0 fully saturated rings. The Labute approximate surface area is 107 Å². The van der Waals surface area contributed by atoms with E-state index >= 15 is 0 Å². The number of H-pyrrole nitrogens is 1. The second kappa shape index (κ2) is 3.44. The van der Waals surface area contributed by atoms with Crippen molar-refractivity contribution in [1.29, 1.82) is 0 Å². The van der Waals surface area contributed by atoms with Gasteiger partial charge < -0.3 is 10.1 Å². The molecule has 94 valence electrons. The molecular weight excluding hydrogens is 246 g/mol. The molecule has 0 atom stereocenters. The van der Waals surface area contributed by atoms with E-state index in [0.717, 1.165) is 35.2 Å². The van der Waals surface area contributed by atoms with Crippen molar-refractivity contribution < 1.29 is 14.5 Å². The van der Waals surface area contributed by atoms with Crippen LogP contribution in [-0.2, 0) is 12.8 Å².